The molecular weight excluding hydrogens is 406 g/mol. The third-order valence-electron chi connectivity index (χ3n) is 5.49. The minimum absolute atomic E-state index is 0.246. The van der Waals surface area contributed by atoms with Gasteiger partial charge in [-0.3, -0.25) is 9.89 Å². The van der Waals surface area contributed by atoms with Crippen LogP contribution in [0.3, 0.4) is 0 Å². The fourth-order valence-electron chi connectivity index (χ4n) is 3.97. The van der Waals surface area contributed by atoms with Crippen LogP contribution in [0.2, 0.25) is 0 Å². The monoisotopic (exact) mass is 423 g/mol. The van der Waals surface area contributed by atoms with Gasteiger partial charge in [0.15, 0.2) is 5.82 Å². The van der Waals surface area contributed by atoms with E-state index < -0.39 is 0 Å². The number of carbonyl (C=O) groups excluding carboxylic acids is 1. The Morgan fingerprint density at radius 2 is 1.87 bits per heavy atom. The van der Waals surface area contributed by atoms with Crippen molar-refractivity contribution < 1.29 is 4.79 Å². The summed E-state index contributed by atoms with van der Waals surface area (Å²) in [6.07, 6.45) is 1.77. The maximum Gasteiger partial charge on any atom is 0.291 e. The molecule has 0 radical (unpaired) electrons. The Morgan fingerprint density at radius 1 is 1.03 bits per heavy atom. The SMILES string of the molecule is Cn1c(C(=O)Nc2cc(-c3cc4ccccc4s3)c3[nH]ncc3c2)nc2ccccc21. The van der Waals surface area contributed by atoms with Crippen molar-refractivity contribution in [2.75, 3.05) is 5.32 Å². The highest BCUT2D eigenvalue weighted by Gasteiger charge is 2.17. The van der Waals surface area contributed by atoms with Gasteiger partial charge in [-0.15, -0.1) is 11.3 Å². The first kappa shape index (κ1) is 17.9. The predicted molar refractivity (Wildman–Crippen MR) is 126 cm³/mol. The Hall–Kier alpha value is -3.97. The molecule has 6 rings (SSSR count). The molecule has 3 aromatic heterocycles. The molecule has 150 valence electrons. The maximum atomic E-state index is 13.1. The Balaban J connectivity index is 1.43. The van der Waals surface area contributed by atoms with E-state index in [1.807, 2.05) is 60.1 Å². The van der Waals surface area contributed by atoms with Crippen molar-refractivity contribution >= 4 is 55.0 Å². The van der Waals surface area contributed by atoms with Crippen LogP contribution in [0.5, 0.6) is 0 Å². The Labute approximate surface area is 181 Å². The van der Waals surface area contributed by atoms with Gasteiger partial charge >= 0.3 is 0 Å². The van der Waals surface area contributed by atoms with E-state index in [1.54, 1.807) is 17.5 Å². The van der Waals surface area contributed by atoms with E-state index in [0.717, 1.165) is 32.4 Å². The summed E-state index contributed by atoms with van der Waals surface area (Å²) in [7, 11) is 1.85. The van der Waals surface area contributed by atoms with Crippen LogP contribution in [0.15, 0.2) is 72.9 Å². The lowest BCUT2D eigenvalue weighted by molar-refractivity contribution is 0.101. The number of hydrogen-bond acceptors (Lipinski definition) is 4. The lowest BCUT2D eigenvalue weighted by atomic mass is 10.1. The number of fused-ring (bicyclic) bond motifs is 3. The second kappa shape index (κ2) is 6.78. The van der Waals surface area contributed by atoms with Gasteiger partial charge in [-0.1, -0.05) is 30.3 Å². The van der Waals surface area contributed by atoms with E-state index in [0.29, 0.717) is 11.5 Å². The number of imidazole rings is 1. The molecule has 0 fully saturated rings. The quantitative estimate of drug-likeness (QED) is 0.390. The number of hydrogen-bond donors (Lipinski definition) is 2. The normalized spacial score (nSPS) is 11.5. The number of carbonyl (C=O) groups is 1. The number of H-pyrrole nitrogens is 1. The molecule has 0 aliphatic heterocycles. The number of amides is 1. The van der Waals surface area contributed by atoms with Crippen molar-refractivity contribution in [1.29, 1.82) is 0 Å². The number of nitrogens with one attached hydrogen (secondary N) is 2. The third kappa shape index (κ3) is 2.90. The molecule has 6 aromatic rings. The minimum Gasteiger partial charge on any atom is -0.323 e. The Bertz CT molecular complexity index is 1570. The van der Waals surface area contributed by atoms with Crippen LogP contribution in [0.25, 0.3) is 42.5 Å². The summed E-state index contributed by atoms with van der Waals surface area (Å²) in [5.74, 6) is 0.126. The number of anilines is 1. The maximum absolute atomic E-state index is 13.1. The zero-order valence-electron chi connectivity index (χ0n) is 16.6. The molecule has 3 aromatic carbocycles. The van der Waals surface area contributed by atoms with Gasteiger partial charge < -0.3 is 9.88 Å². The lowest BCUT2D eigenvalue weighted by Gasteiger charge is -2.08. The highest BCUT2D eigenvalue weighted by molar-refractivity contribution is 7.22. The molecule has 2 N–H and O–H groups in total. The molecule has 0 spiro atoms. The third-order valence-corrected chi connectivity index (χ3v) is 6.64. The largest absolute Gasteiger partial charge is 0.323 e. The molecule has 0 atom stereocenters. The van der Waals surface area contributed by atoms with Crippen molar-refractivity contribution in [3.8, 4) is 10.4 Å². The highest BCUT2D eigenvalue weighted by atomic mass is 32.1. The molecule has 0 saturated carbocycles. The second-order valence-electron chi connectivity index (χ2n) is 7.44. The molecule has 0 unspecified atom stereocenters. The number of nitrogens with zero attached hydrogens (tertiary/aromatic N) is 3. The zero-order chi connectivity index (χ0) is 20.9. The van der Waals surface area contributed by atoms with Gasteiger partial charge in [0.25, 0.3) is 5.91 Å². The first-order valence-electron chi connectivity index (χ1n) is 9.86. The molecule has 0 bridgehead atoms. The second-order valence-corrected chi connectivity index (χ2v) is 8.53. The molecule has 0 saturated heterocycles. The van der Waals surface area contributed by atoms with E-state index in [-0.39, 0.29) is 5.91 Å². The van der Waals surface area contributed by atoms with Gasteiger partial charge in [0.2, 0.25) is 0 Å². The smallest absolute Gasteiger partial charge is 0.291 e. The number of para-hydroxylation sites is 2. The molecule has 1 amide bonds. The van der Waals surface area contributed by atoms with Gasteiger partial charge in [0.1, 0.15) is 0 Å². The highest BCUT2D eigenvalue weighted by Crippen LogP contribution is 2.38. The van der Waals surface area contributed by atoms with Crippen LogP contribution in [0.4, 0.5) is 5.69 Å². The summed E-state index contributed by atoms with van der Waals surface area (Å²) in [5.41, 5.74) is 4.39. The average Bonchev–Trinajstić information content (AvgIpc) is 3.50. The van der Waals surface area contributed by atoms with Gasteiger partial charge in [-0.25, -0.2) is 4.98 Å². The van der Waals surface area contributed by atoms with Crippen LogP contribution >= 0.6 is 11.3 Å². The van der Waals surface area contributed by atoms with Crippen molar-refractivity contribution in [2.45, 2.75) is 0 Å². The zero-order valence-corrected chi connectivity index (χ0v) is 17.4. The van der Waals surface area contributed by atoms with Gasteiger partial charge in [-0.05, 0) is 41.8 Å². The number of aromatic nitrogens is 4. The number of aromatic amines is 1. The lowest BCUT2D eigenvalue weighted by Crippen LogP contribution is -2.16. The number of benzene rings is 3. The van der Waals surface area contributed by atoms with E-state index in [9.17, 15) is 4.79 Å². The number of thiophene rings is 1. The Morgan fingerprint density at radius 3 is 2.74 bits per heavy atom. The number of rotatable bonds is 3. The minimum atomic E-state index is -0.246. The van der Waals surface area contributed by atoms with Crippen molar-refractivity contribution in [1.82, 2.24) is 19.7 Å². The van der Waals surface area contributed by atoms with Gasteiger partial charge in [-0.2, -0.15) is 5.10 Å². The van der Waals surface area contributed by atoms with E-state index in [2.05, 4.69) is 38.7 Å². The van der Waals surface area contributed by atoms with Crippen LogP contribution in [0, 0.1) is 0 Å². The van der Waals surface area contributed by atoms with Crippen LogP contribution in [-0.2, 0) is 7.05 Å². The van der Waals surface area contributed by atoms with E-state index in [1.165, 1.54) is 10.1 Å². The molecule has 7 heteroatoms. The fraction of sp³-hybridized carbons (Fsp3) is 0.0417. The Kier molecular flexibility index (Phi) is 3.91. The summed E-state index contributed by atoms with van der Waals surface area (Å²) in [6.45, 7) is 0. The summed E-state index contributed by atoms with van der Waals surface area (Å²) >= 11 is 1.72. The van der Waals surface area contributed by atoms with Crippen molar-refractivity contribution in [3.05, 3.63) is 78.8 Å². The summed E-state index contributed by atoms with van der Waals surface area (Å²) < 4.78 is 3.04. The van der Waals surface area contributed by atoms with Gasteiger partial charge in [0.05, 0.1) is 22.7 Å². The fourth-order valence-corrected chi connectivity index (χ4v) is 5.06. The molecular formula is C24H17N5OS. The molecule has 31 heavy (non-hydrogen) atoms. The number of aryl methyl sites for hydroxylation is 1. The molecule has 3 heterocycles. The van der Waals surface area contributed by atoms with Gasteiger partial charge in [0, 0.05) is 33.3 Å². The molecule has 0 aliphatic rings. The van der Waals surface area contributed by atoms with E-state index in [4.69, 9.17) is 0 Å². The average molecular weight is 424 g/mol. The molecule has 6 nitrogen and oxygen atoms in total. The summed E-state index contributed by atoms with van der Waals surface area (Å²) in [5, 5.41) is 12.5. The van der Waals surface area contributed by atoms with Crippen LogP contribution < -0.4 is 5.32 Å². The first-order chi connectivity index (χ1) is 15.2. The van der Waals surface area contributed by atoms with Crippen LogP contribution in [-0.4, -0.2) is 25.7 Å². The molecule has 0 aliphatic carbocycles. The predicted octanol–water partition coefficient (Wildman–Crippen LogP) is 5.58. The van der Waals surface area contributed by atoms with Crippen LogP contribution in [0.1, 0.15) is 10.6 Å². The van der Waals surface area contributed by atoms with Crippen molar-refractivity contribution in [3.63, 3.8) is 0 Å². The summed E-state index contributed by atoms with van der Waals surface area (Å²) in [6, 6.07) is 22.1. The summed E-state index contributed by atoms with van der Waals surface area (Å²) in [4.78, 5) is 18.7. The van der Waals surface area contributed by atoms with Crippen molar-refractivity contribution in [2.24, 2.45) is 7.05 Å². The van der Waals surface area contributed by atoms with E-state index >= 15 is 0 Å². The first-order valence-corrected chi connectivity index (χ1v) is 10.7. The standard InChI is InChI=1S/C24H17N5OS/c1-29-19-8-4-3-7-18(19)27-23(29)24(30)26-16-10-15-13-25-28-22(15)17(12-16)21-11-14-6-2-5-9-20(14)31-21/h2-13H,1H3,(H,25,28)(H,26,30). The topological polar surface area (TPSA) is 75.6 Å².